The second-order valence-corrected chi connectivity index (χ2v) is 5.56. The van der Waals surface area contributed by atoms with Crippen molar-refractivity contribution in [1.29, 1.82) is 0 Å². The topological polar surface area (TPSA) is 84.2 Å². The highest BCUT2D eigenvalue weighted by Crippen LogP contribution is 2.21. The molecule has 0 bridgehead atoms. The number of amides is 2. The fourth-order valence-corrected chi connectivity index (χ4v) is 1.79. The molecule has 0 fully saturated rings. The van der Waals surface area contributed by atoms with E-state index in [9.17, 15) is 9.59 Å². The molecule has 0 spiro atoms. The van der Waals surface area contributed by atoms with E-state index in [1.807, 2.05) is 39.8 Å². The van der Waals surface area contributed by atoms with Gasteiger partial charge in [-0.1, -0.05) is 33.3 Å². The minimum Gasteiger partial charge on any atom is -0.326 e. The van der Waals surface area contributed by atoms with Gasteiger partial charge in [0.25, 0.3) is 0 Å². The summed E-state index contributed by atoms with van der Waals surface area (Å²) in [4.78, 5) is 23.7. The van der Waals surface area contributed by atoms with E-state index in [2.05, 4.69) is 10.6 Å². The van der Waals surface area contributed by atoms with Crippen molar-refractivity contribution in [3.8, 4) is 0 Å². The first-order chi connectivity index (χ1) is 9.85. The van der Waals surface area contributed by atoms with Crippen LogP contribution in [0.1, 0.15) is 39.2 Å². The van der Waals surface area contributed by atoms with Crippen LogP contribution in [0.5, 0.6) is 0 Å². The van der Waals surface area contributed by atoms with Crippen molar-refractivity contribution < 1.29 is 9.59 Å². The minimum atomic E-state index is -0.511. The Balaban J connectivity index is 2.83. The third-order valence-electron chi connectivity index (χ3n) is 3.22. The second kappa shape index (κ2) is 7.78. The average molecular weight is 291 g/mol. The summed E-state index contributed by atoms with van der Waals surface area (Å²) in [5, 5.41) is 5.64. The monoisotopic (exact) mass is 291 g/mol. The molecule has 1 unspecified atom stereocenters. The number of carbonyl (C=O) groups is 2. The number of carbonyl (C=O) groups excluding carboxylic acids is 2. The number of hydrogen-bond donors (Lipinski definition) is 3. The van der Waals surface area contributed by atoms with Gasteiger partial charge in [0.2, 0.25) is 11.8 Å². The standard InChI is InChI=1S/C16H25N3O2/c1-5-6-13(17)16(21)19-14-9-12(8-7-11(14)4)18-15(20)10(2)3/h7-10,13H,5-6,17H2,1-4H3,(H,18,20)(H,19,21). The van der Waals surface area contributed by atoms with E-state index in [4.69, 9.17) is 5.73 Å². The Morgan fingerprint density at radius 1 is 1.19 bits per heavy atom. The van der Waals surface area contributed by atoms with E-state index in [1.54, 1.807) is 6.07 Å². The van der Waals surface area contributed by atoms with Crippen molar-refractivity contribution >= 4 is 23.2 Å². The quantitative estimate of drug-likeness (QED) is 0.753. The first kappa shape index (κ1) is 17.2. The molecule has 5 heteroatoms. The van der Waals surface area contributed by atoms with Gasteiger partial charge >= 0.3 is 0 Å². The number of hydrogen-bond acceptors (Lipinski definition) is 3. The van der Waals surface area contributed by atoms with Crippen LogP contribution in [-0.4, -0.2) is 17.9 Å². The first-order valence-electron chi connectivity index (χ1n) is 7.33. The normalized spacial score (nSPS) is 12.1. The number of anilines is 2. The minimum absolute atomic E-state index is 0.0567. The lowest BCUT2D eigenvalue weighted by atomic mass is 10.1. The Morgan fingerprint density at radius 2 is 1.86 bits per heavy atom. The number of benzene rings is 1. The van der Waals surface area contributed by atoms with E-state index in [0.29, 0.717) is 17.8 Å². The smallest absolute Gasteiger partial charge is 0.241 e. The number of aryl methyl sites for hydroxylation is 1. The molecular formula is C16H25N3O2. The van der Waals surface area contributed by atoms with E-state index in [-0.39, 0.29) is 17.7 Å². The van der Waals surface area contributed by atoms with E-state index in [1.165, 1.54) is 0 Å². The second-order valence-electron chi connectivity index (χ2n) is 5.56. The Kier molecular flexibility index (Phi) is 6.37. The average Bonchev–Trinajstić information content (AvgIpc) is 2.42. The van der Waals surface area contributed by atoms with Gasteiger partial charge in [0, 0.05) is 17.3 Å². The predicted octanol–water partition coefficient (Wildman–Crippen LogP) is 2.66. The van der Waals surface area contributed by atoms with E-state index >= 15 is 0 Å². The van der Waals surface area contributed by atoms with Crippen molar-refractivity contribution in [3.05, 3.63) is 23.8 Å². The summed E-state index contributed by atoms with van der Waals surface area (Å²) in [6, 6.07) is 4.92. The summed E-state index contributed by atoms with van der Waals surface area (Å²) in [6.45, 7) is 7.54. The molecule has 0 saturated heterocycles. The zero-order valence-corrected chi connectivity index (χ0v) is 13.2. The Bertz CT molecular complexity index is 512. The summed E-state index contributed by atoms with van der Waals surface area (Å²) >= 11 is 0. The molecule has 1 aromatic carbocycles. The first-order valence-corrected chi connectivity index (χ1v) is 7.33. The maximum atomic E-state index is 12.0. The molecule has 21 heavy (non-hydrogen) atoms. The van der Waals surface area contributed by atoms with Gasteiger partial charge in [0.1, 0.15) is 0 Å². The Morgan fingerprint density at radius 3 is 2.43 bits per heavy atom. The van der Waals surface area contributed by atoms with Crippen LogP contribution in [0.4, 0.5) is 11.4 Å². The van der Waals surface area contributed by atoms with Gasteiger partial charge in [0.05, 0.1) is 6.04 Å². The van der Waals surface area contributed by atoms with Crippen LogP contribution in [0.2, 0.25) is 0 Å². The molecule has 5 nitrogen and oxygen atoms in total. The van der Waals surface area contributed by atoms with E-state index < -0.39 is 6.04 Å². The maximum absolute atomic E-state index is 12.0. The van der Waals surface area contributed by atoms with Crippen LogP contribution in [0, 0.1) is 12.8 Å². The zero-order valence-electron chi connectivity index (χ0n) is 13.2. The van der Waals surface area contributed by atoms with Gasteiger partial charge < -0.3 is 16.4 Å². The summed E-state index contributed by atoms with van der Waals surface area (Å²) in [6.07, 6.45) is 1.51. The SMILES string of the molecule is CCCC(N)C(=O)Nc1cc(NC(=O)C(C)C)ccc1C. The number of nitrogens with two attached hydrogens (primary N) is 1. The largest absolute Gasteiger partial charge is 0.326 e. The predicted molar refractivity (Wildman–Crippen MR) is 86.2 cm³/mol. The summed E-state index contributed by atoms with van der Waals surface area (Å²) in [5.74, 6) is -0.353. The lowest BCUT2D eigenvalue weighted by Gasteiger charge is -2.15. The van der Waals surface area contributed by atoms with Crippen molar-refractivity contribution in [1.82, 2.24) is 0 Å². The molecule has 1 rings (SSSR count). The van der Waals surface area contributed by atoms with Crippen LogP contribution >= 0.6 is 0 Å². The van der Waals surface area contributed by atoms with Gasteiger partial charge in [-0.15, -0.1) is 0 Å². The molecule has 0 saturated carbocycles. The summed E-state index contributed by atoms with van der Waals surface area (Å²) in [7, 11) is 0. The highest BCUT2D eigenvalue weighted by atomic mass is 16.2. The molecular weight excluding hydrogens is 266 g/mol. The highest BCUT2D eigenvalue weighted by molar-refractivity contribution is 5.97. The summed E-state index contributed by atoms with van der Waals surface area (Å²) < 4.78 is 0. The fraction of sp³-hybridized carbons (Fsp3) is 0.500. The van der Waals surface area contributed by atoms with Gasteiger partial charge in [-0.25, -0.2) is 0 Å². The molecule has 0 aliphatic heterocycles. The van der Waals surface area contributed by atoms with Crippen LogP contribution in [0.3, 0.4) is 0 Å². The third kappa shape index (κ3) is 5.19. The molecule has 0 radical (unpaired) electrons. The van der Waals surface area contributed by atoms with Crippen molar-refractivity contribution in [3.63, 3.8) is 0 Å². The molecule has 1 atom stereocenters. The summed E-state index contributed by atoms with van der Waals surface area (Å²) in [5.41, 5.74) is 8.07. The lowest BCUT2D eigenvalue weighted by Crippen LogP contribution is -2.35. The van der Waals surface area contributed by atoms with Gasteiger partial charge in [0.15, 0.2) is 0 Å². The molecule has 0 aliphatic carbocycles. The van der Waals surface area contributed by atoms with Gasteiger partial charge in [-0.3, -0.25) is 9.59 Å². The molecule has 2 amide bonds. The van der Waals surface area contributed by atoms with Crippen molar-refractivity contribution in [2.24, 2.45) is 11.7 Å². The van der Waals surface area contributed by atoms with Crippen LogP contribution < -0.4 is 16.4 Å². The van der Waals surface area contributed by atoms with Crippen LogP contribution in [0.25, 0.3) is 0 Å². The number of rotatable bonds is 6. The molecule has 116 valence electrons. The van der Waals surface area contributed by atoms with E-state index in [0.717, 1.165) is 12.0 Å². The molecule has 0 aliphatic rings. The van der Waals surface area contributed by atoms with Gasteiger partial charge in [-0.05, 0) is 31.0 Å². The molecule has 1 aromatic rings. The maximum Gasteiger partial charge on any atom is 0.241 e. The fourth-order valence-electron chi connectivity index (χ4n) is 1.79. The Labute approximate surface area is 126 Å². The molecule has 4 N–H and O–H groups in total. The van der Waals surface area contributed by atoms with Gasteiger partial charge in [-0.2, -0.15) is 0 Å². The van der Waals surface area contributed by atoms with Crippen molar-refractivity contribution in [2.75, 3.05) is 10.6 Å². The Hall–Kier alpha value is -1.88. The number of nitrogens with one attached hydrogen (secondary N) is 2. The molecule has 0 aromatic heterocycles. The van der Waals surface area contributed by atoms with Crippen LogP contribution in [0.15, 0.2) is 18.2 Å². The van der Waals surface area contributed by atoms with Crippen LogP contribution in [-0.2, 0) is 9.59 Å². The lowest BCUT2D eigenvalue weighted by molar-refractivity contribution is -0.119. The zero-order chi connectivity index (χ0) is 16.0. The van der Waals surface area contributed by atoms with Crippen molar-refractivity contribution in [2.45, 2.75) is 46.6 Å². The third-order valence-corrected chi connectivity index (χ3v) is 3.22. The highest BCUT2D eigenvalue weighted by Gasteiger charge is 2.14. The molecule has 0 heterocycles.